The van der Waals surface area contributed by atoms with E-state index in [1.807, 2.05) is 29.2 Å². The van der Waals surface area contributed by atoms with Crippen molar-refractivity contribution in [2.75, 3.05) is 78.0 Å². The molecule has 3 aromatic rings. The number of likely N-dealkylation sites (tertiary alicyclic amines) is 2. The number of phenols is 1. The van der Waals surface area contributed by atoms with Crippen LogP contribution < -0.4 is 9.64 Å². The number of hydrogen-bond acceptors (Lipinski definition) is 10. The first-order valence-corrected chi connectivity index (χ1v) is 17.9. The number of fused-ring (bicyclic) bond motifs is 2. The van der Waals surface area contributed by atoms with Crippen LogP contribution in [0.5, 0.6) is 11.8 Å². The number of piperazine rings is 1. The molecule has 1 aromatic heterocycles. The molecule has 4 aliphatic heterocycles. The first-order valence-electron chi connectivity index (χ1n) is 17.9. The second kappa shape index (κ2) is 15.4. The molecule has 1 amide bonds. The smallest absolute Gasteiger partial charge is 0.318 e. The number of anilines is 1. The minimum atomic E-state index is -0.365. The highest BCUT2D eigenvalue weighted by Crippen LogP contribution is 2.40. The number of likely N-dealkylation sites (N-methyl/N-ethyl adjacent to an activating group) is 1. The van der Waals surface area contributed by atoms with Crippen LogP contribution in [0.25, 0.3) is 10.8 Å². The van der Waals surface area contributed by atoms with Crippen LogP contribution >= 0.6 is 0 Å². The van der Waals surface area contributed by atoms with Crippen LogP contribution in [0.1, 0.15) is 54.2 Å². The van der Waals surface area contributed by atoms with Crippen LogP contribution in [-0.4, -0.2) is 121 Å². The average Bonchev–Trinajstić information content (AvgIpc) is 3.57. The Labute approximate surface area is 294 Å². The Hall–Kier alpha value is -4.21. The number of hydrogen-bond donors (Lipinski definition) is 1. The van der Waals surface area contributed by atoms with Crippen LogP contribution in [-0.2, 0) is 27.3 Å². The number of nitrogens with zero attached hydrogens (tertiary/aromatic N) is 6. The molecule has 5 heterocycles. The molecular formula is C39H48N6O5. The lowest BCUT2D eigenvalue weighted by Crippen LogP contribution is -2.49. The maximum absolute atomic E-state index is 13.1. The number of piperidine rings is 1. The number of phenolic OH excluding ortho intramolecular Hbond substituents is 1. The van der Waals surface area contributed by atoms with E-state index >= 15 is 0 Å². The third kappa shape index (κ3) is 7.44. The third-order valence-electron chi connectivity index (χ3n) is 10.8. The largest absolute Gasteiger partial charge is 0.508 e. The summed E-state index contributed by atoms with van der Waals surface area (Å²) in [6.45, 7) is 7.12. The summed E-state index contributed by atoms with van der Waals surface area (Å²) < 4.78 is 18.3. The number of aromatic hydroxyl groups is 1. The summed E-state index contributed by atoms with van der Waals surface area (Å²) >= 11 is 0. The SMILES string of the molecule is C#Cc1cccc2cc(O)cc(C3Cc4nc(OC[C@@H]5CCCN5C)nc(N5CCN(C(=O)/C=C/CN6CCC(OC)CC6)CC5)c4CO3)c12. The molecule has 0 saturated carbocycles. The van der Waals surface area contributed by atoms with Gasteiger partial charge in [-0.05, 0) is 68.4 Å². The average molecular weight is 681 g/mol. The van der Waals surface area contributed by atoms with Crippen LogP contribution in [0.15, 0.2) is 42.5 Å². The van der Waals surface area contributed by atoms with Gasteiger partial charge in [-0.2, -0.15) is 9.97 Å². The van der Waals surface area contributed by atoms with Gasteiger partial charge in [0.15, 0.2) is 0 Å². The molecule has 3 saturated heterocycles. The zero-order valence-electron chi connectivity index (χ0n) is 29.2. The van der Waals surface area contributed by atoms with Crippen molar-refractivity contribution in [3.63, 3.8) is 0 Å². The number of methoxy groups -OCH3 is 1. The molecule has 1 unspecified atom stereocenters. The van der Waals surface area contributed by atoms with Crippen LogP contribution in [0.3, 0.4) is 0 Å². The van der Waals surface area contributed by atoms with Gasteiger partial charge in [0.25, 0.3) is 0 Å². The van der Waals surface area contributed by atoms with Gasteiger partial charge in [0.05, 0.1) is 24.5 Å². The van der Waals surface area contributed by atoms with Gasteiger partial charge in [0.2, 0.25) is 5.91 Å². The highest BCUT2D eigenvalue weighted by atomic mass is 16.5. The molecule has 7 rings (SSSR count). The summed E-state index contributed by atoms with van der Waals surface area (Å²) in [6.07, 6.45) is 14.4. The standard InChI is InChI=1S/C39H48N6O5/c1-4-27-8-5-9-28-22-30(46)23-32(37(27)28)35-24-34-33(26-49-35)38(41-39(40-34)50-25-29-10-6-14-42(29)2)45-20-18-44(19-21-45)36(47)11-7-15-43-16-12-31(48-3)13-17-43/h1,5,7-9,11,22-23,29,31,35,46H,6,10,12-21,24-26H2,2-3H3/b11-7+/t29-,35?/m0/s1. The fraction of sp³-hybridized carbons (Fsp3) is 0.513. The number of rotatable bonds is 9. The van der Waals surface area contributed by atoms with Crippen molar-refractivity contribution in [1.29, 1.82) is 0 Å². The predicted molar refractivity (Wildman–Crippen MR) is 192 cm³/mol. The number of ether oxygens (including phenoxy) is 3. The van der Waals surface area contributed by atoms with Gasteiger partial charge in [-0.15, -0.1) is 6.42 Å². The topological polar surface area (TPSA) is 104 Å². The number of aromatic nitrogens is 2. The summed E-state index contributed by atoms with van der Waals surface area (Å²) in [6, 6.07) is 9.94. The Kier molecular flexibility index (Phi) is 10.5. The van der Waals surface area contributed by atoms with E-state index in [9.17, 15) is 9.90 Å². The van der Waals surface area contributed by atoms with E-state index in [0.717, 1.165) is 90.8 Å². The van der Waals surface area contributed by atoms with E-state index in [1.165, 1.54) is 0 Å². The molecule has 0 bridgehead atoms. The fourth-order valence-electron chi connectivity index (χ4n) is 7.81. The first-order chi connectivity index (χ1) is 24.4. The molecule has 2 aromatic carbocycles. The highest BCUT2D eigenvalue weighted by Gasteiger charge is 2.32. The predicted octanol–water partition coefficient (Wildman–Crippen LogP) is 3.92. The van der Waals surface area contributed by atoms with E-state index in [2.05, 4.69) is 27.7 Å². The van der Waals surface area contributed by atoms with Gasteiger partial charge in [0.1, 0.15) is 18.2 Å². The Morgan fingerprint density at radius 3 is 2.66 bits per heavy atom. The van der Waals surface area contributed by atoms with E-state index in [-0.39, 0.29) is 17.8 Å². The van der Waals surface area contributed by atoms with Crippen molar-refractivity contribution >= 4 is 22.5 Å². The monoisotopic (exact) mass is 680 g/mol. The molecule has 50 heavy (non-hydrogen) atoms. The van der Waals surface area contributed by atoms with Crippen molar-refractivity contribution in [2.24, 2.45) is 0 Å². The molecule has 4 aliphatic rings. The lowest BCUT2D eigenvalue weighted by Gasteiger charge is -2.37. The maximum atomic E-state index is 13.1. The molecule has 11 heteroatoms. The van der Waals surface area contributed by atoms with E-state index in [1.54, 1.807) is 25.3 Å². The lowest BCUT2D eigenvalue weighted by molar-refractivity contribution is -0.126. The number of carbonyl (C=O) groups excluding carboxylic acids is 1. The molecule has 3 fully saturated rings. The second-order valence-electron chi connectivity index (χ2n) is 13.9. The van der Waals surface area contributed by atoms with Crippen molar-refractivity contribution in [3.8, 4) is 24.1 Å². The molecule has 0 aliphatic carbocycles. The van der Waals surface area contributed by atoms with E-state index < -0.39 is 0 Å². The van der Waals surface area contributed by atoms with Crippen LogP contribution in [0.4, 0.5) is 5.82 Å². The molecule has 0 spiro atoms. The van der Waals surface area contributed by atoms with E-state index in [4.69, 9.17) is 30.6 Å². The Balaban J connectivity index is 1.08. The van der Waals surface area contributed by atoms with Gasteiger partial charge in [-0.3, -0.25) is 9.69 Å². The second-order valence-corrected chi connectivity index (χ2v) is 13.9. The van der Waals surface area contributed by atoms with Crippen molar-refractivity contribution < 1.29 is 24.1 Å². The third-order valence-corrected chi connectivity index (χ3v) is 10.8. The molecule has 264 valence electrons. The van der Waals surface area contributed by atoms with Crippen molar-refractivity contribution in [2.45, 2.75) is 57.0 Å². The van der Waals surface area contributed by atoms with E-state index in [0.29, 0.717) is 64.0 Å². The molecule has 2 atom stereocenters. The summed E-state index contributed by atoms with van der Waals surface area (Å²) in [4.78, 5) is 31.9. The van der Waals surface area contributed by atoms with Crippen LogP contribution in [0.2, 0.25) is 0 Å². The lowest BCUT2D eigenvalue weighted by atomic mass is 9.92. The maximum Gasteiger partial charge on any atom is 0.318 e. The minimum absolute atomic E-state index is 0.0432. The normalized spacial score (nSPS) is 22.3. The molecular weight excluding hydrogens is 632 g/mol. The number of amides is 1. The van der Waals surface area contributed by atoms with Gasteiger partial charge in [-0.1, -0.05) is 24.1 Å². The van der Waals surface area contributed by atoms with Gasteiger partial charge in [0, 0.05) is 88.0 Å². The molecule has 11 nitrogen and oxygen atoms in total. The Bertz CT molecular complexity index is 1760. The van der Waals surface area contributed by atoms with Gasteiger partial charge >= 0.3 is 6.01 Å². The van der Waals surface area contributed by atoms with Crippen LogP contribution in [0, 0.1) is 12.3 Å². The van der Waals surface area contributed by atoms with Crippen molar-refractivity contribution in [1.82, 2.24) is 24.7 Å². The number of carbonyl (C=O) groups is 1. The minimum Gasteiger partial charge on any atom is -0.508 e. The fourth-order valence-corrected chi connectivity index (χ4v) is 7.81. The molecule has 0 radical (unpaired) electrons. The molecule has 1 N–H and O–H groups in total. The Morgan fingerprint density at radius 2 is 1.92 bits per heavy atom. The van der Waals surface area contributed by atoms with Crippen molar-refractivity contribution in [3.05, 3.63) is 64.9 Å². The zero-order chi connectivity index (χ0) is 34.6. The number of benzene rings is 2. The highest BCUT2D eigenvalue weighted by molar-refractivity contribution is 5.92. The summed E-state index contributed by atoms with van der Waals surface area (Å²) in [5, 5.41) is 12.4. The van der Waals surface area contributed by atoms with Gasteiger partial charge in [-0.25, -0.2) is 0 Å². The zero-order valence-corrected chi connectivity index (χ0v) is 29.2. The summed E-state index contributed by atoms with van der Waals surface area (Å²) in [7, 11) is 3.91. The quantitative estimate of drug-likeness (QED) is 0.264. The Morgan fingerprint density at radius 1 is 1.10 bits per heavy atom. The summed E-state index contributed by atoms with van der Waals surface area (Å²) in [5.74, 6) is 3.81. The summed E-state index contributed by atoms with van der Waals surface area (Å²) in [5.41, 5.74) is 3.40. The first kappa shape index (κ1) is 34.2. The number of terminal acetylenes is 1. The van der Waals surface area contributed by atoms with Gasteiger partial charge < -0.3 is 34.0 Å².